The molecule has 2 rings (SSSR count). The molecule has 0 aromatic heterocycles. The average Bonchev–Trinajstić information content (AvgIpc) is 2.46. The smallest absolute Gasteiger partial charge is 0.0587 e. The molecule has 1 aliphatic heterocycles. The Bertz CT molecular complexity index is 355. The van der Waals surface area contributed by atoms with E-state index in [4.69, 9.17) is 0 Å². The van der Waals surface area contributed by atoms with Crippen LogP contribution in [0.3, 0.4) is 0 Å². The number of aliphatic hydroxyl groups is 2. The number of aryl methyl sites for hydroxylation is 1. The van der Waals surface area contributed by atoms with Crippen molar-refractivity contribution >= 4 is 0 Å². The number of unbranched alkanes of at least 4 members (excludes halogenated alkanes) is 1. The zero-order valence-corrected chi connectivity index (χ0v) is 11.5. The summed E-state index contributed by atoms with van der Waals surface area (Å²) in [7, 11) is 0. The van der Waals surface area contributed by atoms with Gasteiger partial charge in [0.15, 0.2) is 0 Å². The summed E-state index contributed by atoms with van der Waals surface area (Å²) in [4.78, 5) is 2.33. The molecule has 1 aliphatic rings. The molecular weight excluding hydrogens is 238 g/mol. The minimum Gasteiger partial charge on any atom is -0.395 e. The van der Waals surface area contributed by atoms with Crippen LogP contribution in [0.2, 0.25) is 0 Å². The lowest BCUT2D eigenvalue weighted by atomic mass is 9.99. The summed E-state index contributed by atoms with van der Waals surface area (Å²) in [6.45, 7) is 2.11. The molecule has 0 amide bonds. The zero-order valence-electron chi connectivity index (χ0n) is 11.5. The van der Waals surface area contributed by atoms with Crippen LogP contribution in [0.5, 0.6) is 0 Å². The molecule has 2 N–H and O–H groups in total. The third-order valence-electron chi connectivity index (χ3n) is 4.02. The molecule has 106 valence electrons. The monoisotopic (exact) mass is 263 g/mol. The fourth-order valence-electron chi connectivity index (χ4n) is 2.85. The topological polar surface area (TPSA) is 43.7 Å². The van der Waals surface area contributed by atoms with Crippen molar-refractivity contribution in [2.75, 3.05) is 19.7 Å². The van der Waals surface area contributed by atoms with E-state index in [1.54, 1.807) is 0 Å². The third kappa shape index (κ3) is 4.60. The van der Waals surface area contributed by atoms with Crippen LogP contribution in [0.1, 0.15) is 31.2 Å². The number of nitrogens with zero attached hydrogens (tertiary/aromatic N) is 1. The van der Waals surface area contributed by atoms with Gasteiger partial charge >= 0.3 is 0 Å². The van der Waals surface area contributed by atoms with Crippen molar-refractivity contribution in [3.63, 3.8) is 0 Å². The summed E-state index contributed by atoms with van der Waals surface area (Å²) in [5.74, 6) is 0. The van der Waals surface area contributed by atoms with Crippen LogP contribution in [0.4, 0.5) is 0 Å². The highest BCUT2D eigenvalue weighted by Gasteiger charge is 2.25. The van der Waals surface area contributed by atoms with Gasteiger partial charge in [0.2, 0.25) is 0 Å². The largest absolute Gasteiger partial charge is 0.395 e. The molecule has 19 heavy (non-hydrogen) atoms. The second kappa shape index (κ2) is 7.63. The molecule has 0 radical (unpaired) electrons. The lowest BCUT2D eigenvalue weighted by Crippen LogP contribution is -2.46. The highest BCUT2D eigenvalue weighted by atomic mass is 16.3. The Morgan fingerprint density at radius 3 is 2.68 bits per heavy atom. The van der Waals surface area contributed by atoms with Gasteiger partial charge < -0.3 is 10.2 Å². The van der Waals surface area contributed by atoms with Gasteiger partial charge in [0.05, 0.1) is 12.7 Å². The molecule has 1 aromatic rings. The van der Waals surface area contributed by atoms with Crippen LogP contribution in [-0.2, 0) is 6.42 Å². The van der Waals surface area contributed by atoms with Crippen molar-refractivity contribution in [3.8, 4) is 0 Å². The Labute approximate surface area is 115 Å². The summed E-state index contributed by atoms with van der Waals surface area (Å²) in [6.07, 6.45) is 4.80. The van der Waals surface area contributed by atoms with Gasteiger partial charge in [0.25, 0.3) is 0 Å². The summed E-state index contributed by atoms with van der Waals surface area (Å²) in [5, 5.41) is 19.0. The third-order valence-corrected chi connectivity index (χ3v) is 4.02. The first kappa shape index (κ1) is 14.5. The van der Waals surface area contributed by atoms with Crippen LogP contribution in [0.15, 0.2) is 30.3 Å². The molecule has 1 fully saturated rings. The maximum absolute atomic E-state index is 9.61. The van der Waals surface area contributed by atoms with Gasteiger partial charge in [-0.05, 0) is 44.2 Å². The first-order valence-corrected chi connectivity index (χ1v) is 7.36. The van der Waals surface area contributed by atoms with Gasteiger partial charge in [0, 0.05) is 12.6 Å². The Morgan fingerprint density at radius 2 is 1.95 bits per heavy atom. The molecule has 3 heteroatoms. The number of piperidine rings is 1. The zero-order chi connectivity index (χ0) is 13.5. The van der Waals surface area contributed by atoms with Crippen molar-refractivity contribution < 1.29 is 10.2 Å². The number of likely N-dealkylation sites (tertiary alicyclic amines) is 1. The maximum Gasteiger partial charge on any atom is 0.0587 e. The van der Waals surface area contributed by atoms with Crippen LogP contribution in [0, 0.1) is 0 Å². The van der Waals surface area contributed by atoms with Crippen molar-refractivity contribution in [1.82, 2.24) is 4.90 Å². The van der Waals surface area contributed by atoms with E-state index >= 15 is 0 Å². The molecule has 0 aliphatic carbocycles. The molecule has 1 heterocycles. The van der Waals surface area contributed by atoms with Crippen molar-refractivity contribution in [3.05, 3.63) is 35.9 Å². The SMILES string of the molecule is OC[C@@H]1C[C@H](O)CCN1CCCCc1ccccc1. The van der Waals surface area contributed by atoms with Crippen LogP contribution in [-0.4, -0.2) is 47.0 Å². The normalized spacial score (nSPS) is 24.5. The predicted octanol–water partition coefficient (Wildman–Crippen LogP) is 1.83. The van der Waals surface area contributed by atoms with Gasteiger partial charge in [-0.15, -0.1) is 0 Å². The lowest BCUT2D eigenvalue weighted by molar-refractivity contribution is 0.0164. The molecule has 0 saturated carbocycles. The number of hydrogen-bond donors (Lipinski definition) is 2. The van der Waals surface area contributed by atoms with E-state index < -0.39 is 0 Å². The fourth-order valence-corrected chi connectivity index (χ4v) is 2.85. The van der Waals surface area contributed by atoms with Crippen LogP contribution >= 0.6 is 0 Å². The Hall–Kier alpha value is -0.900. The summed E-state index contributed by atoms with van der Waals surface area (Å²) >= 11 is 0. The van der Waals surface area contributed by atoms with Crippen molar-refractivity contribution in [2.24, 2.45) is 0 Å². The summed E-state index contributed by atoms with van der Waals surface area (Å²) < 4.78 is 0. The highest BCUT2D eigenvalue weighted by Crippen LogP contribution is 2.18. The average molecular weight is 263 g/mol. The first-order valence-electron chi connectivity index (χ1n) is 7.36. The van der Waals surface area contributed by atoms with E-state index in [2.05, 4.69) is 29.2 Å². The van der Waals surface area contributed by atoms with Crippen LogP contribution < -0.4 is 0 Å². The van der Waals surface area contributed by atoms with E-state index in [1.807, 2.05) is 6.07 Å². The van der Waals surface area contributed by atoms with Crippen LogP contribution in [0.25, 0.3) is 0 Å². The second-order valence-corrected chi connectivity index (χ2v) is 5.49. The van der Waals surface area contributed by atoms with Gasteiger partial charge in [-0.25, -0.2) is 0 Å². The van der Waals surface area contributed by atoms with Crippen molar-refractivity contribution in [2.45, 2.75) is 44.2 Å². The van der Waals surface area contributed by atoms with E-state index in [1.165, 1.54) is 12.0 Å². The number of aliphatic hydroxyl groups excluding tert-OH is 2. The molecule has 0 spiro atoms. The lowest BCUT2D eigenvalue weighted by Gasteiger charge is -2.36. The predicted molar refractivity (Wildman–Crippen MR) is 77.1 cm³/mol. The quantitative estimate of drug-likeness (QED) is 0.770. The fraction of sp³-hybridized carbons (Fsp3) is 0.625. The number of hydrogen-bond acceptors (Lipinski definition) is 3. The summed E-state index contributed by atoms with van der Waals surface area (Å²) in [5.41, 5.74) is 1.40. The standard InChI is InChI=1S/C16H25NO2/c18-13-15-12-16(19)9-11-17(15)10-5-4-8-14-6-2-1-3-7-14/h1-3,6-7,15-16,18-19H,4-5,8-13H2/t15-,16+/m0/s1. The highest BCUT2D eigenvalue weighted by molar-refractivity contribution is 5.14. The van der Waals surface area contributed by atoms with E-state index in [0.717, 1.165) is 38.8 Å². The second-order valence-electron chi connectivity index (χ2n) is 5.49. The molecule has 0 unspecified atom stereocenters. The van der Waals surface area contributed by atoms with Gasteiger partial charge in [0.1, 0.15) is 0 Å². The number of rotatable bonds is 6. The minimum absolute atomic E-state index is 0.153. The minimum atomic E-state index is -0.224. The van der Waals surface area contributed by atoms with Gasteiger partial charge in [-0.3, -0.25) is 4.90 Å². The molecule has 1 aromatic carbocycles. The van der Waals surface area contributed by atoms with Crippen molar-refractivity contribution in [1.29, 1.82) is 0 Å². The van der Waals surface area contributed by atoms with E-state index in [9.17, 15) is 10.2 Å². The summed E-state index contributed by atoms with van der Waals surface area (Å²) in [6, 6.07) is 10.7. The molecule has 2 atom stereocenters. The molecular formula is C16H25NO2. The molecule has 1 saturated heterocycles. The first-order chi connectivity index (χ1) is 9.29. The number of benzene rings is 1. The maximum atomic E-state index is 9.61. The van der Waals surface area contributed by atoms with Gasteiger partial charge in [-0.2, -0.15) is 0 Å². The van der Waals surface area contributed by atoms with Gasteiger partial charge in [-0.1, -0.05) is 30.3 Å². The Balaban J connectivity index is 1.67. The van der Waals surface area contributed by atoms with E-state index in [-0.39, 0.29) is 18.8 Å². The Morgan fingerprint density at radius 1 is 1.16 bits per heavy atom. The molecule has 3 nitrogen and oxygen atoms in total. The molecule has 0 bridgehead atoms. The van der Waals surface area contributed by atoms with E-state index in [0.29, 0.717) is 0 Å². The Kier molecular flexibility index (Phi) is 5.83.